The standard InChI is InChI=1S/C15H25N3O2/c1-10(2)11-9-12(17(5)16-11)14(19)18-8-6-7-13(18)15(3,4)20/h9-10,13,20H,6-8H2,1-5H3. The Kier molecular flexibility index (Phi) is 3.91. The smallest absolute Gasteiger partial charge is 0.272 e. The summed E-state index contributed by atoms with van der Waals surface area (Å²) in [4.78, 5) is 14.5. The Bertz CT molecular complexity index is 500. The van der Waals surface area contributed by atoms with Crippen molar-refractivity contribution in [2.24, 2.45) is 7.05 Å². The van der Waals surface area contributed by atoms with Crippen LogP contribution in [0, 0.1) is 0 Å². The fraction of sp³-hybridized carbons (Fsp3) is 0.733. The molecule has 1 fully saturated rings. The van der Waals surface area contributed by atoms with Gasteiger partial charge in [-0.2, -0.15) is 5.10 Å². The van der Waals surface area contributed by atoms with Gasteiger partial charge in [0, 0.05) is 13.6 Å². The minimum absolute atomic E-state index is 0.0310. The molecule has 1 saturated heterocycles. The molecule has 5 heteroatoms. The second-order valence-electron chi connectivity index (χ2n) is 6.54. The lowest BCUT2D eigenvalue weighted by Gasteiger charge is -2.33. The van der Waals surface area contributed by atoms with Crippen LogP contribution in [-0.4, -0.2) is 43.9 Å². The molecule has 5 nitrogen and oxygen atoms in total. The van der Waals surface area contributed by atoms with Crippen molar-refractivity contribution in [1.29, 1.82) is 0 Å². The number of nitrogens with zero attached hydrogens (tertiary/aromatic N) is 3. The van der Waals surface area contributed by atoms with Crippen LogP contribution in [0.5, 0.6) is 0 Å². The number of aryl methyl sites for hydroxylation is 1. The van der Waals surface area contributed by atoms with Gasteiger partial charge in [-0.25, -0.2) is 0 Å². The number of carbonyl (C=O) groups excluding carboxylic acids is 1. The van der Waals surface area contributed by atoms with Crippen LogP contribution in [0.15, 0.2) is 6.07 Å². The predicted octanol–water partition coefficient (Wildman–Crippen LogP) is 1.92. The van der Waals surface area contributed by atoms with Gasteiger partial charge >= 0.3 is 0 Å². The number of aliphatic hydroxyl groups is 1. The maximum Gasteiger partial charge on any atom is 0.272 e. The Balaban J connectivity index is 2.27. The molecule has 1 N–H and O–H groups in total. The summed E-state index contributed by atoms with van der Waals surface area (Å²) >= 11 is 0. The summed E-state index contributed by atoms with van der Waals surface area (Å²) in [5.41, 5.74) is 0.658. The number of rotatable bonds is 3. The predicted molar refractivity (Wildman–Crippen MR) is 77.7 cm³/mol. The van der Waals surface area contributed by atoms with Crippen molar-refractivity contribution in [3.8, 4) is 0 Å². The first-order chi connectivity index (χ1) is 9.21. The molecule has 0 aliphatic carbocycles. The number of carbonyl (C=O) groups is 1. The van der Waals surface area contributed by atoms with E-state index in [9.17, 15) is 9.90 Å². The van der Waals surface area contributed by atoms with Crippen LogP contribution < -0.4 is 0 Å². The number of hydrogen-bond acceptors (Lipinski definition) is 3. The van der Waals surface area contributed by atoms with Gasteiger partial charge in [0.05, 0.1) is 17.3 Å². The highest BCUT2D eigenvalue weighted by atomic mass is 16.3. The number of aromatic nitrogens is 2. The van der Waals surface area contributed by atoms with Crippen LogP contribution >= 0.6 is 0 Å². The van der Waals surface area contributed by atoms with Gasteiger partial charge in [-0.15, -0.1) is 0 Å². The summed E-state index contributed by atoms with van der Waals surface area (Å²) in [7, 11) is 1.80. The molecule has 1 aromatic heterocycles. The second kappa shape index (κ2) is 5.20. The monoisotopic (exact) mass is 279 g/mol. The minimum Gasteiger partial charge on any atom is -0.388 e. The molecular weight excluding hydrogens is 254 g/mol. The lowest BCUT2D eigenvalue weighted by molar-refractivity contribution is -0.0000701. The van der Waals surface area contributed by atoms with E-state index in [-0.39, 0.29) is 11.9 Å². The molecule has 1 aliphatic heterocycles. The molecule has 0 bridgehead atoms. The third kappa shape index (κ3) is 2.73. The van der Waals surface area contributed by atoms with Crippen molar-refractivity contribution in [2.75, 3.05) is 6.54 Å². The zero-order valence-corrected chi connectivity index (χ0v) is 13.1. The molecule has 0 saturated carbocycles. The van der Waals surface area contributed by atoms with E-state index in [0.717, 1.165) is 18.5 Å². The van der Waals surface area contributed by atoms with E-state index in [2.05, 4.69) is 18.9 Å². The molecule has 20 heavy (non-hydrogen) atoms. The van der Waals surface area contributed by atoms with Crippen LogP contribution in [-0.2, 0) is 7.05 Å². The van der Waals surface area contributed by atoms with Gasteiger partial charge in [-0.05, 0) is 38.7 Å². The highest BCUT2D eigenvalue weighted by Crippen LogP contribution is 2.28. The van der Waals surface area contributed by atoms with Crippen LogP contribution in [0.1, 0.15) is 62.6 Å². The Morgan fingerprint density at radius 2 is 2.15 bits per heavy atom. The zero-order valence-electron chi connectivity index (χ0n) is 13.1. The summed E-state index contributed by atoms with van der Waals surface area (Å²) in [5, 5.41) is 14.6. The molecule has 0 spiro atoms. The third-order valence-electron chi connectivity index (χ3n) is 4.04. The van der Waals surface area contributed by atoms with Crippen LogP contribution in [0.3, 0.4) is 0 Å². The number of amides is 1. The van der Waals surface area contributed by atoms with Crippen molar-refractivity contribution >= 4 is 5.91 Å². The molecule has 0 radical (unpaired) electrons. The van der Waals surface area contributed by atoms with Gasteiger partial charge in [-0.3, -0.25) is 9.48 Å². The summed E-state index contributed by atoms with van der Waals surface area (Å²) in [6.45, 7) is 8.37. The molecule has 1 unspecified atom stereocenters. The Morgan fingerprint density at radius 3 is 2.65 bits per heavy atom. The zero-order chi connectivity index (χ0) is 15.1. The summed E-state index contributed by atoms with van der Waals surface area (Å²) in [6, 6.07) is 1.75. The summed E-state index contributed by atoms with van der Waals surface area (Å²) in [6.07, 6.45) is 1.79. The van der Waals surface area contributed by atoms with Crippen molar-refractivity contribution in [3.63, 3.8) is 0 Å². The summed E-state index contributed by atoms with van der Waals surface area (Å²) in [5.74, 6) is 0.267. The largest absolute Gasteiger partial charge is 0.388 e. The van der Waals surface area contributed by atoms with Crippen molar-refractivity contribution in [1.82, 2.24) is 14.7 Å². The molecule has 112 valence electrons. The average molecular weight is 279 g/mol. The van der Waals surface area contributed by atoms with Crippen LogP contribution in [0.4, 0.5) is 0 Å². The first-order valence-corrected chi connectivity index (χ1v) is 7.29. The topological polar surface area (TPSA) is 58.4 Å². The maximum atomic E-state index is 12.7. The highest BCUT2D eigenvalue weighted by molar-refractivity contribution is 5.93. The molecule has 1 aromatic rings. The number of hydrogen-bond donors (Lipinski definition) is 1. The quantitative estimate of drug-likeness (QED) is 0.919. The normalized spacial score (nSPS) is 19.9. The van der Waals surface area contributed by atoms with Gasteiger partial charge in [-0.1, -0.05) is 13.8 Å². The lowest BCUT2D eigenvalue weighted by atomic mass is 9.96. The Labute approximate surface area is 120 Å². The van der Waals surface area contributed by atoms with E-state index in [0.29, 0.717) is 18.2 Å². The van der Waals surface area contributed by atoms with Gasteiger partial charge in [0.25, 0.3) is 5.91 Å². The molecule has 2 rings (SSSR count). The van der Waals surface area contributed by atoms with E-state index >= 15 is 0 Å². The molecule has 0 aromatic carbocycles. The van der Waals surface area contributed by atoms with Crippen LogP contribution in [0.25, 0.3) is 0 Å². The van der Waals surface area contributed by atoms with Gasteiger partial charge < -0.3 is 10.0 Å². The highest BCUT2D eigenvalue weighted by Gasteiger charge is 2.39. The Morgan fingerprint density at radius 1 is 1.50 bits per heavy atom. The van der Waals surface area contributed by atoms with E-state index < -0.39 is 5.60 Å². The molecule has 1 amide bonds. The third-order valence-corrected chi connectivity index (χ3v) is 4.04. The molecule has 1 atom stereocenters. The van der Waals surface area contributed by atoms with Gasteiger partial charge in [0.1, 0.15) is 5.69 Å². The second-order valence-corrected chi connectivity index (χ2v) is 6.54. The van der Waals surface area contributed by atoms with Crippen LogP contribution in [0.2, 0.25) is 0 Å². The van der Waals surface area contributed by atoms with Gasteiger partial charge in [0.2, 0.25) is 0 Å². The minimum atomic E-state index is -0.869. The van der Waals surface area contributed by atoms with Crippen molar-refractivity contribution in [2.45, 2.75) is 58.1 Å². The Hall–Kier alpha value is -1.36. The molecule has 2 heterocycles. The van der Waals surface area contributed by atoms with E-state index in [1.54, 1.807) is 30.5 Å². The summed E-state index contributed by atoms with van der Waals surface area (Å²) < 4.78 is 1.65. The molecular formula is C15H25N3O2. The lowest BCUT2D eigenvalue weighted by Crippen LogP contribution is -2.48. The first-order valence-electron chi connectivity index (χ1n) is 7.29. The fourth-order valence-corrected chi connectivity index (χ4v) is 2.86. The first kappa shape index (κ1) is 15.0. The van der Waals surface area contributed by atoms with E-state index in [1.165, 1.54) is 0 Å². The van der Waals surface area contributed by atoms with E-state index in [1.807, 2.05) is 6.07 Å². The van der Waals surface area contributed by atoms with Crippen molar-refractivity contribution in [3.05, 3.63) is 17.5 Å². The fourth-order valence-electron chi connectivity index (χ4n) is 2.86. The average Bonchev–Trinajstić information content (AvgIpc) is 2.93. The van der Waals surface area contributed by atoms with Crippen molar-refractivity contribution < 1.29 is 9.90 Å². The maximum absolute atomic E-state index is 12.7. The SMILES string of the molecule is CC(C)c1cc(C(=O)N2CCCC2C(C)(C)O)n(C)n1. The number of likely N-dealkylation sites (tertiary alicyclic amines) is 1. The van der Waals surface area contributed by atoms with E-state index in [4.69, 9.17) is 0 Å². The molecule has 1 aliphatic rings. The van der Waals surface area contributed by atoms with Gasteiger partial charge in [0.15, 0.2) is 0 Å².